The molecule has 0 amide bonds. The summed E-state index contributed by atoms with van der Waals surface area (Å²) >= 11 is 0. The predicted molar refractivity (Wildman–Crippen MR) is 354 cm³/mol. The highest BCUT2D eigenvalue weighted by atomic mass is 31.2. The highest BCUT2D eigenvalue weighted by Gasteiger charge is 2.30. The molecule has 3 unspecified atom stereocenters. The van der Waals surface area contributed by atoms with Crippen molar-refractivity contribution in [2.75, 3.05) is 39.6 Å². The number of hydrogen-bond acceptors (Lipinski definition) is 15. The molecule has 0 aromatic heterocycles. The summed E-state index contributed by atoms with van der Waals surface area (Å²) in [6, 6.07) is 0. The molecule has 0 aromatic rings. The first-order chi connectivity index (χ1) is 42.6. The quantitative estimate of drug-likeness (QED) is 0.0222. The number of ether oxygens (including phenoxy) is 4. The normalized spacial score (nSPS) is 14.4. The van der Waals surface area contributed by atoms with Crippen molar-refractivity contribution in [3.05, 3.63) is 0 Å². The number of rotatable bonds is 69. The average Bonchev–Trinajstić information content (AvgIpc) is 3.56. The van der Waals surface area contributed by atoms with E-state index in [-0.39, 0.29) is 25.7 Å². The van der Waals surface area contributed by atoms with Crippen LogP contribution < -0.4 is 0 Å². The molecule has 0 bridgehead atoms. The Morgan fingerprint density at radius 3 is 0.807 bits per heavy atom. The molecule has 0 fully saturated rings. The Morgan fingerprint density at radius 1 is 0.318 bits per heavy atom. The first-order valence-corrected chi connectivity index (χ1v) is 39.2. The Kier molecular flexibility index (Phi) is 61.1. The van der Waals surface area contributed by atoms with Gasteiger partial charge in [-0.2, -0.15) is 0 Å². The van der Waals surface area contributed by atoms with Crippen LogP contribution >= 0.6 is 15.6 Å². The van der Waals surface area contributed by atoms with E-state index in [0.29, 0.717) is 25.7 Å². The average molecular weight is 1300 g/mol. The zero-order valence-corrected chi connectivity index (χ0v) is 58.6. The molecule has 522 valence electrons. The molecule has 0 heterocycles. The van der Waals surface area contributed by atoms with Crippen LogP contribution in [0, 0.1) is 5.92 Å². The van der Waals surface area contributed by atoms with Crippen LogP contribution in [0.15, 0.2) is 0 Å². The van der Waals surface area contributed by atoms with Crippen molar-refractivity contribution in [2.24, 2.45) is 5.92 Å². The zero-order chi connectivity index (χ0) is 64.9. The highest BCUT2D eigenvalue weighted by molar-refractivity contribution is 7.47. The minimum atomic E-state index is -4.95. The van der Waals surface area contributed by atoms with Crippen LogP contribution in [0.4, 0.5) is 0 Å². The second-order valence-corrected chi connectivity index (χ2v) is 28.1. The molecule has 0 spiro atoms. The van der Waals surface area contributed by atoms with Gasteiger partial charge < -0.3 is 33.8 Å². The van der Waals surface area contributed by atoms with Crippen LogP contribution in [0.25, 0.3) is 0 Å². The summed E-state index contributed by atoms with van der Waals surface area (Å²) in [6.45, 7) is 7.26. The Hall–Kier alpha value is -1.94. The number of aliphatic hydroxyl groups excluding tert-OH is 1. The van der Waals surface area contributed by atoms with E-state index >= 15 is 0 Å². The molecular formula is C69H134O17P2. The summed E-state index contributed by atoms with van der Waals surface area (Å²) in [4.78, 5) is 72.4. The third-order valence-corrected chi connectivity index (χ3v) is 18.3. The highest BCUT2D eigenvalue weighted by Crippen LogP contribution is 2.45. The van der Waals surface area contributed by atoms with Crippen molar-refractivity contribution < 1.29 is 80.2 Å². The number of phosphoric ester groups is 2. The topological polar surface area (TPSA) is 237 Å². The molecule has 0 radical (unpaired) electrons. The maximum absolute atomic E-state index is 13.0. The summed E-state index contributed by atoms with van der Waals surface area (Å²) in [5.74, 6) is -1.28. The molecule has 19 heteroatoms. The van der Waals surface area contributed by atoms with Crippen LogP contribution in [0.2, 0.25) is 0 Å². The third-order valence-electron chi connectivity index (χ3n) is 16.4. The molecule has 3 N–H and O–H groups in total. The van der Waals surface area contributed by atoms with Gasteiger partial charge in [-0.05, 0) is 31.6 Å². The SMILES string of the molecule is CCCCCCCCCCCCCCC(=O)OC[C@H](COP(=O)(O)OC[C@@H](O)COP(=O)(O)OC[C@@H](COC(=O)CCCCCCCCCCC)OC(=O)CCCCCCCCCCC)OC(=O)CCCCCCCCCCCCCCCCC(C)CC. The standard InChI is InChI=1S/C69H134O17P2/c1-6-10-13-16-19-22-23-29-34-38-43-48-53-67(72)80-59-65(86-69(74)55-50-45-40-35-30-27-25-24-26-28-33-36-41-46-51-62(5)9-4)61-84-88(77,78)82-57-63(70)56-81-87(75,76)83-60-64(85-68(73)54-49-44-39-32-21-18-15-12-8-3)58-79-66(71)52-47-42-37-31-20-17-14-11-7-2/h62-65,70H,6-61H2,1-5H3,(H,75,76)(H,77,78)/t62?,63-,64+,65+/m0/s1. The fraction of sp³-hybridized carbons (Fsp3) is 0.942. The predicted octanol–water partition coefficient (Wildman–Crippen LogP) is 19.7. The largest absolute Gasteiger partial charge is 0.472 e. The zero-order valence-electron chi connectivity index (χ0n) is 56.9. The van der Waals surface area contributed by atoms with Gasteiger partial charge in [-0.3, -0.25) is 37.3 Å². The van der Waals surface area contributed by atoms with Gasteiger partial charge >= 0.3 is 39.5 Å². The van der Waals surface area contributed by atoms with Gasteiger partial charge in [0.1, 0.15) is 19.3 Å². The fourth-order valence-corrected chi connectivity index (χ4v) is 12.0. The Labute approximate surface area is 537 Å². The summed E-state index contributed by atoms with van der Waals surface area (Å²) in [7, 11) is -9.89. The molecule has 0 saturated heterocycles. The van der Waals surface area contributed by atoms with Crippen LogP contribution in [-0.4, -0.2) is 96.7 Å². The van der Waals surface area contributed by atoms with Crippen molar-refractivity contribution in [3.8, 4) is 0 Å². The van der Waals surface area contributed by atoms with Crippen molar-refractivity contribution >= 4 is 39.5 Å². The number of hydrogen-bond donors (Lipinski definition) is 3. The summed E-state index contributed by atoms with van der Waals surface area (Å²) in [5, 5.41) is 10.6. The van der Waals surface area contributed by atoms with Crippen LogP contribution in [0.5, 0.6) is 0 Å². The van der Waals surface area contributed by atoms with E-state index in [1.165, 1.54) is 180 Å². The maximum Gasteiger partial charge on any atom is 0.472 e. The molecule has 0 aliphatic heterocycles. The minimum absolute atomic E-state index is 0.106. The van der Waals surface area contributed by atoms with Gasteiger partial charge in [0, 0.05) is 25.7 Å². The number of carbonyl (C=O) groups excluding carboxylic acids is 4. The lowest BCUT2D eigenvalue weighted by atomic mass is 9.99. The number of carbonyl (C=O) groups is 4. The monoisotopic (exact) mass is 1300 g/mol. The Balaban J connectivity index is 5.20. The van der Waals surface area contributed by atoms with Crippen LogP contribution in [0.1, 0.15) is 356 Å². The summed E-state index contributed by atoms with van der Waals surface area (Å²) in [6.07, 6.45) is 48.5. The molecule has 0 aromatic carbocycles. The van der Waals surface area contributed by atoms with Gasteiger partial charge in [0.05, 0.1) is 26.4 Å². The van der Waals surface area contributed by atoms with E-state index in [9.17, 15) is 43.2 Å². The number of phosphoric acid groups is 2. The van der Waals surface area contributed by atoms with Gasteiger partial charge in [0.15, 0.2) is 12.2 Å². The van der Waals surface area contributed by atoms with E-state index < -0.39 is 97.5 Å². The lowest BCUT2D eigenvalue weighted by Crippen LogP contribution is -2.30. The lowest BCUT2D eigenvalue weighted by molar-refractivity contribution is -0.161. The second-order valence-electron chi connectivity index (χ2n) is 25.2. The molecule has 0 aliphatic carbocycles. The first-order valence-electron chi connectivity index (χ1n) is 36.2. The van der Waals surface area contributed by atoms with Gasteiger partial charge in [-0.1, -0.05) is 304 Å². The molecule has 88 heavy (non-hydrogen) atoms. The minimum Gasteiger partial charge on any atom is -0.462 e. The number of aliphatic hydroxyl groups is 1. The van der Waals surface area contributed by atoms with E-state index in [2.05, 4.69) is 34.6 Å². The number of esters is 4. The van der Waals surface area contributed by atoms with E-state index in [0.717, 1.165) is 95.8 Å². The van der Waals surface area contributed by atoms with E-state index in [1.54, 1.807) is 0 Å². The van der Waals surface area contributed by atoms with Gasteiger partial charge in [0.2, 0.25) is 0 Å². The smallest absolute Gasteiger partial charge is 0.462 e. The first kappa shape index (κ1) is 86.1. The summed E-state index contributed by atoms with van der Waals surface area (Å²) in [5.41, 5.74) is 0. The van der Waals surface area contributed by atoms with Crippen molar-refractivity contribution in [2.45, 2.75) is 374 Å². The van der Waals surface area contributed by atoms with Gasteiger partial charge in [0.25, 0.3) is 0 Å². The second kappa shape index (κ2) is 62.5. The van der Waals surface area contributed by atoms with Crippen LogP contribution in [0.3, 0.4) is 0 Å². The van der Waals surface area contributed by atoms with Crippen molar-refractivity contribution in [1.29, 1.82) is 0 Å². The number of unbranched alkanes of at least 4 members (excludes halogenated alkanes) is 40. The maximum atomic E-state index is 13.0. The fourth-order valence-electron chi connectivity index (χ4n) is 10.4. The van der Waals surface area contributed by atoms with Crippen molar-refractivity contribution in [3.63, 3.8) is 0 Å². The molecular weight excluding hydrogens is 1160 g/mol. The Bertz CT molecular complexity index is 1710. The molecule has 0 aliphatic rings. The molecule has 0 saturated carbocycles. The van der Waals surface area contributed by atoms with Crippen LogP contribution in [-0.2, 0) is 65.4 Å². The van der Waals surface area contributed by atoms with E-state index in [4.69, 9.17) is 37.0 Å². The Morgan fingerprint density at radius 2 is 0.545 bits per heavy atom. The molecule has 0 rings (SSSR count). The van der Waals surface area contributed by atoms with Gasteiger partial charge in [-0.15, -0.1) is 0 Å². The van der Waals surface area contributed by atoms with Gasteiger partial charge in [-0.25, -0.2) is 9.13 Å². The summed E-state index contributed by atoms with van der Waals surface area (Å²) < 4.78 is 68.1. The molecule has 6 atom stereocenters. The lowest BCUT2D eigenvalue weighted by Gasteiger charge is -2.21. The van der Waals surface area contributed by atoms with E-state index in [1.807, 2.05) is 0 Å². The third kappa shape index (κ3) is 61.6. The van der Waals surface area contributed by atoms with Crippen molar-refractivity contribution in [1.82, 2.24) is 0 Å². The molecule has 17 nitrogen and oxygen atoms in total.